The summed E-state index contributed by atoms with van der Waals surface area (Å²) in [5.41, 5.74) is 9.12. The molecule has 3 rings (SSSR count). The number of amides is 1. The number of hydrogen-bond acceptors (Lipinski definition) is 4. The zero-order valence-electron chi connectivity index (χ0n) is 14.4. The molecule has 2 aliphatic rings. The smallest absolute Gasteiger partial charge is 0.242 e. The highest BCUT2D eigenvalue weighted by atomic mass is 35.5. The molecule has 2 heterocycles. The van der Waals surface area contributed by atoms with Crippen LogP contribution in [0.25, 0.3) is 0 Å². The van der Waals surface area contributed by atoms with Gasteiger partial charge in [-0.05, 0) is 26.7 Å². The average Bonchev–Trinajstić information content (AvgIpc) is 3.17. The van der Waals surface area contributed by atoms with Crippen LogP contribution in [-0.4, -0.2) is 57.2 Å². The quantitative estimate of drug-likeness (QED) is 0.833. The molecule has 0 spiro atoms. The van der Waals surface area contributed by atoms with Crippen LogP contribution in [0.15, 0.2) is 0 Å². The second kappa shape index (κ2) is 8.72. The molecular weight excluding hydrogens is 373 g/mol. The number of nitrogens with zero attached hydrogens (tertiary/aromatic N) is 4. The highest BCUT2D eigenvalue weighted by molar-refractivity contribution is 5.89. The van der Waals surface area contributed by atoms with E-state index in [1.165, 1.54) is 11.3 Å². The fourth-order valence-electron chi connectivity index (χ4n) is 3.04. The van der Waals surface area contributed by atoms with Gasteiger partial charge in [0.05, 0.1) is 11.2 Å². The maximum atomic E-state index is 12.2. The first-order chi connectivity index (χ1) is 9.90. The van der Waals surface area contributed by atoms with Crippen LogP contribution in [0.4, 0.5) is 0 Å². The van der Waals surface area contributed by atoms with Crippen LogP contribution >= 0.6 is 37.2 Å². The number of aryl methyl sites for hydroxylation is 2. The van der Waals surface area contributed by atoms with E-state index in [1.807, 2.05) is 16.6 Å². The maximum absolute atomic E-state index is 12.2. The van der Waals surface area contributed by atoms with Crippen molar-refractivity contribution in [1.82, 2.24) is 19.6 Å². The Morgan fingerprint density at radius 1 is 1.12 bits per heavy atom. The minimum absolute atomic E-state index is 0. The minimum Gasteiger partial charge on any atom is -0.339 e. The summed E-state index contributed by atoms with van der Waals surface area (Å²) in [5, 5.41) is 4.47. The Bertz CT molecular complexity index is 566. The van der Waals surface area contributed by atoms with E-state index < -0.39 is 5.54 Å². The van der Waals surface area contributed by atoms with Crippen LogP contribution in [0.3, 0.4) is 0 Å². The van der Waals surface area contributed by atoms with E-state index in [9.17, 15) is 4.79 Å². The lowest BCUT2D eigenvalue weighted by Gasteiger charge is -2.36. The van der Waals surface area contributed by atoms with E-state index in [2.05, 4.69) is 23.8 Å². The van der Waals surface area contributed by atoms with E-state index in [4.69, 9.17) is 5.73 Å². The third-order valence-corrected chi connectivity index (χ3v) is 4.91. The predicted molar refractivity (Wildman–Crippen MR) is 102 cm³/mol. The van der Waals surface area contributed by atoms with Crippen LogP contribution in [0.5, 0.6) is 0 Å². The number of carbonyl (C=O) groups excluding carboxylic acids is 1. The van der Waals surface area contributed by atoms with Crippen molar-refractivity contribution in [3.8, 4) is 0 Å². The molecule has 1 saturated carbocycles. The lowest BCUT2D eigenvalue weighted by Crippen LogP contribution is -2.53. The molecule has 0 radical (unpaired) electrons. The molecule has 2 N–H and O–H groups in total. The van der Waals surface area contributed by atoms with Crippen LogP contribution < -0.4 is 5.73 Å². The van der Waals surface area contributed by atoms with Crippen LogP contribution in [0.1, 0.15) is 29.8 Å². The zero-order valence-corrected chi connectivity index (χ0v) is 16.9. The van der Waals surface area contributed by atoms with Gasteiger partial charge < -0.3 is 10.6 Å². The Kier molecular flexibility index (Phi) is 8.52. The van der Waals surface area contributed by atoms with Gasteiger partial charge in [-0.25, -0.2) is 0 Å². The van der Waals surface area contributed by atoms with E-state index in [0.717, 1.165) is 51.3 Å². The van der Waals surface area contributed by atoms with Crippen molar-refractivity contribution in [1.29, 1.82) is 0 Å². The van der Waals surface area contributed by atoms with Crippen LogP contribution in [0, 0.1) is 13.8 Å². The standard InChI is InChI=1S/C15H25N5O.3ClH/c1-11-13(12(2)18(3)17-11)10-19-6-8-20(9-7-19)14(21)15(16)4-5-15;;;/h4-10,16H2,1-3H3;3*1H. The van der Waals surface area contributed by atoms with E-state index in [1.54, 1.807) is 0 Å². The van der Waals surface area contributed by atoms with Gasteiger partial charge in [0.15, 0.2) is 0 Å². The molecule has 0 atom stereocenters. The highest BCUT2D eigenvalue weighted by Crippen LogP contribution is 2.34. The van der Waals surface area contributed by atoms with Crippen molar-refractivity contribution in [2.24, 2.45) is 12.8 Å². The first kappa shape index (κ1) is 23.5. The molecule has 1 aromatic heterocycles. The largest absolute Gasteiger partial charge is 0.339 e. The molecule has 0 bridgehead atoms. The number of halogens is 3. The molecule has 1 saturated heterocycles. The van der Waals surface area contributed by atoms with E-state index in [-0.39, 0.29) is 43.1 Å². The SMILES string of the molecule is Cc1nn(C)c(C)c1CN1CCN(C(=O)C2(N)CC2)CC1.Cl.Cl.Cl. The fourth-order valence-corrected chi connectivity index (χ4v) is 3.04. The highest BCUT2D eigenvalue weighted by Gasteiger charge is 2.48. The first-order valence-corrected chi connectivity index (χ1v) is 7.70. The van der Waals surface area contributed by atoms with Gasteiger partial charge >= 0.3 is 0 Å². The summed E-state index contributed by atoms with van der Waals surface area (Å²) in [6.07, 6.45) is 1.69. The number of hydrogen-bond donors (Lipinski definition) is 1. The molecule has 6 nitrogen and oxygen atoms in total. The Labute approximate surface area is 162 Å². The van der Waals surface area contributed by atoms with E-state index >= 15 is 0 Å². The summed E-state index contributed by atoms with van der Waals surface area (Å²) in [6.45, 7) is 8.49. The molecule has 1 aromatic rings. The van der Waals surface area contributed by atoms with Crippen molar-refractivity contribution < 1.29 is 4.79 Å². The van der Waals surface area contributed by atoms with E-state index in [0.29, 0.717) is 0 Å². The second-order valence-corrected chi connectivity index (χ2v) is 6.50. The van der Waals surface area contributed by atoms with Gasteiger partial charge in [0.1, 0.15) is 0 Å². The molecule has 0 aromatic carbocycles. The van der Waals surface area contributed by atoms with Gasteiger partial charge in [-0.1, -0.05) is 0 Å². The molecular formula is C15H28Cl3N5O. The summed E-state index contributed by atoms with van der Waals surface area (Å²) < 4.78 is 1.94. The van der Waals surface area contributed by atoms with Gasteiger partial charge in [0, 0.05) is 51.0 Å². The van der Waals surface area contributed by atoms with Gasteiger partial charge in [-0.2, -0.15) is 5.10 Å². The third-order valence-electron chi connectivity index (χ3n) is 4.91. The first-order valence-electron chi connectivity index (χ1n) is 7.70. The molecule has 1 amide bonds. The molecule has 1 aliphatic heterocycles. The van der Waals surface area contributed by atoms with Crippen molar-refractivity contribution in [3.05, 3.63) is 17.0 Å². The Hall–Kier alpha value is -0.530. The van der Waals surface area contributed by atoms with Crippen molar-refractivity contribution in [2.45, 2.75) is 38.8 Å². The van der Waals surface area contributed by atoms with Gasteiger partial charge in [-0.3, -0.25) is 14.4 Å². The van der Waals surface area contributed by atoms with Gasteiger partial charge in [0.25, 0.3) is 0 Å². The minimum atomic E-state index is -0.529. The van der Waals surface area contributed by atoms with Crippen LogP contribution in [-0.2, 0) is 18.4 Å². The molecule has 140 valence electrons. The number of aromatic nitrogens is 2. The number of rotatable bonds is 3. The Morgan fingerprint density at radius 2 is 1.67 bits per heavy atom. The van der Waals surface area contributed by atoms with Crippen molar-refractivity contribution >= 4 is 43.1 Å². The Morgan fingerprint density at radius 3 is 2.08 bits per heavy atom. The van der Waals surface area contributed by atoms with Gasteiger partial charge in [-0.15, -0.1) is 37.2 Å². The van der Waals surface area contributed by atoms with Crippen molar-refractivity contribution in [2.75, 3.05) is 26.2 Å². The lowest BCUT2D eigenvalue weighted by molar-refractivity contribution is -0.135. The zero-order chi connectivity index (χ0) is 15.2. The van der Waals surface area contributed by atoms with Crippen LogP contribution in [0.2, 0.25) is 0 Å². The predicted octanol–water partition coefficient (Wildman–Crippen LogP) is 1.44. The normalized spacial score (nSPS) is 18.9. The molecule has 1 aliphatic carbocycles. The van der Waals surface area contributed by atoms with Crippen molar-refractivity contribution in [3.63, 3.8) is 0 Å². The summed E-state index contributed by atoms with van der Waals surface area (Å²) >= 11 is 0. The maximum Gasteiger partial charge on any atom is 0.242 e. The summed E-state index contributed by atoms with van der Waals surface area (Å²) in [4.78, 5) is 16.6. The molecule has 0 unspecified atom stereocenters. The number of carbonyl (C=O) groups is 1. The molecule has 9 heteroatoms. The Balaban J connectivity index is 0.00000176. The summed E-state index contributed by atoms with van der Waals surface area (Å²) in [5.74, 6) is 0.149. The number of piperazine rings is 1. The molecule has 24 heavy (non-hydrogen) atoms. The fraction of sp³-hybridized carbons (Fsp3) is 0.733. The lowest BCUT2D eigenvalue weighted by atomic mass is 10.1. The summed E-state index contributed by atoms with van der Waals surface area (Å²) in [6, 6.07) is 0. The number of nitrogens with two attached hydrogens (primary N) is 1. The topological polar surface area (TPSA) is 67.4 Å². The molecule has 2 fully saturated rings. The average molecular weight is 401 g/mol. The summed E-state index contributed by atoms with van der Waals surface area (Å²) in [7, 11) is 1.98. The monoisotopic (exact) mass is 399 g/mol. The van der Waals surface area contributed by atoms with Gasteiger partial charge in [0.2, 0.25) is 5.91 Å². The second-order valence-electron chi connectivity index (χ2n) is 6.50. The third kappa shape index (κ3) is 4.55.